The second-order valence-corrected chi connectivity index (χ2v) is 3.27. The fourth-order valence-corrected chi connectivity index (χ4v) is 1.49. The van der Waals surface area contributed by atoms with Crippen molar-refractivity contribution in [3.63, 3.8) is 0 Å². The summed E-state index contributed by atoms with van der Waals surface area (Å²) < 4.78 is 0. The number of pyridine rings is 1. The van der Waals surface area contributed by atoms with E-state index in [2.05, 4.69) is 4.98 Å². The fraction of sp³-hybridized carbons (Fsp3) is 0.444. The minimum atomic E-state index is 0.265. The molecule has 1 aromatic rings. The molecule has 1 fully saturated rings. The number of aromatic nitrogens is 1. The van der Waals surface area contributed by atoms with E-state index >= 15 is 0 Å². The van der Waals surface area contributed by atoms with Crippen LogP contribution >= 0.6 is 0 Å². The van der Waals surface area contributed by atoms with Gasteiger partial charge in [0.25, 0.3) is 0 Å². The van der Waals surface area contributed by atoms with Crippen molar-refractivity contribution < 1.29 is 5.11 Å². The molecule has 1 aromatic heterocycles. The molecule has 1 aliphatic carbocycles. The molecule has 0 aromatic carbocycles. The third kappa shape index (κ3) is 1.28. The number of aliphatic hydroxyl groups excluding tert-OH is 1. The van der Waals surface area contributed by atoms with Crippen LogP contribution in [0, 0.1) is 5.92 Å². The van der Waals surface area contributed by atoms with Gasteiger partial charge >= 0.3 is 0 Å². The van der Waals surface area contributed by atoms with Crippen LogP contribution in [0.15, 0.2) is 18.2 Å². The van der Waals surface area contributed by atoms with Crippen LogP contribution < -0.4 is 5.73 Å². The Bertz CT molecular complexity index is 288. The molecule has 1 aliphatic rings. The van der Waals surface area contributed by atoms with E-state index in [1.807, 2.05) is 12.1 Å². The maximum Gasteiger partial charge on any atom is 0.123 e. The van der Waals surface area contributed by atoms with E-state index in [9.17, 15) is 0 Å². The molecule has 1 heterocycles. The van der Waals surface area contributed by atoms with Crippen LogP contribution in [0.25, 0.3) is 0 Å². The molecule has 0 unspecified atom stereocenters. The molecule has 3 heteroatoms. The van der Waals surface area contributed by atoms with Crippen LogP contribution in [0.4, 0.5) is 5.82 Å². The van der Waals surface area contributed by atoms with Gasteiger partial charge in [0.1, 0.15) is 5.82 Å². The number of hydrogen-bond donors (Lipinski definition) is 2. The number of nitrogens with two attached hydrogens (primary N) is 1. The third-order valence-electron chi connectivity index (χ3n) is 2.33. The van der Waals surface area contributed by atoms with E-state index in [1.54, 1.807) is 6.07 Å². The number of nitrogen functional groups attached to an aromatic ring is 1. The summed E-state index contributed by atoms with van der Waals surface area (Å²) in [5, 5.41) is 8.85. The molecule has 3 N–H and O–H groups in total. The number of anilines is 1. The molecule has 12 heavy (non-hydrogen) atoms. The Hall–Kier alpha value is -1.09. The molecule has 1 saturated carbocycles. The predicted molar refractivity (Wildman–Crippen MR) is 46.6 cm³/mol. The molecule has 0 amide bonds. The number of aliphatic hydroxyl groups is 1. The molecule has 0 bridgehead atoms. The van der Waals surface area contributed by atoms with Crippen molar-refractivity contribution >= 4 is 5.82 Å². The lowest BCUT2D eigenvalue weighted by molar-refractivity contribution is 0.273. The summed E-state index contributed by atoms with van der Waals surface area (Å²) in [4.78, 5) is 4.20. The van der Waals surface area contributed by atoms with Crippen LogP contribution in [-0.2, 0) is 0 Å². The van der Waals surface area contributed by atoms with Gasteiger partial charge in [0.2, 0.25) is 0 Å². The van der Waals surface area contributed by atoms with Crippen LogP contribution in [-0.4, -0.2) is 16.7 Å². The van der Waals surface area contributed by atoms with E-state index < -0.39 is 0 Å². The first kappa shape index (κ1) is 7.55. The maximum atomic E-state index is 8.85. The first-order valence-electron chi connectivity index (χ1n) is 4.14. The average molecular weight is 164 g/mol. The SMILES string of the molecule is Nc1cccc([C@@H]2C[C@H]2CO)n1. The van der Waals surface area contributed by atoms with Gasteiger partial charge in [-0.3, -0.25) is 0 Å². The molecule has 2 rings (SSSR count). The van der Waals surface area contributed by atoms with Crippen molar-refractivity contribution in [3.8, 4) is 0 Å². The minimum absolute atomic E-state index is 0.265. The Kier molecular flexibility index (Phi) is 1.73. The zero-order valence-corrected chi connectivity index (χ0v) is 6.77. The monoisotopic (exact) mass is 164 g/mol. The van der Waals surface area contributed by atoms with Crippen LogP contribution in [0.5, 0.6) is 0 Å². The number of hydrogen-bond acceptors (Lipinski definition) is 3. The second kappa shape index (κ2) is 2.75. The van der Waals surface area contributed by atoms with Crippen molar-refractivity contribution in [1.82, 2.24) is 4.98 Å². The summed E-state index contributed by atoms with van der Waals surface area (Å²) in [5.41, 5.74) is 6.56. The molecule has 0 spiro atoms. The van der Waals surface area contributed by atoms with Crippen molar-refractivity contribution in [2.24, 2.45) is 5.92 Å². The highest BCUT2D eigenvalue weighted by Crippen LogP contribution is 2.46. The van der Waals surface area contributed by atoms with Crippen LogP contribution in [0.2, 0.25) is 0 Å². The highest BCUT2D eigenvalue weighted by Gasteiger charge is 2.38. The Morgan fingerprint density at radius 1 is 1.58 bits per heavy atom. The quantitative estimate of drug-likeness (QED) is 0.678. The smallest absolute Gasteiger partial charge is 0.123 e. The predicted octanol–water partition coefficient (Wildman–Crippen LogP) is 0.760. The largest absolute Gasteiger partial charge is 0.396 e. The molecular formula is C9H12N2O. The lowest BCUT2D eigenvalue weighted by atomic mass is 10.2. The summed E-state index contributed by atoms with van der Waals surface area (Å²) in [7, 11) is 0. The molecule has 2 atom stereocenters. The van der Waals surface area contributed by atoms with Crippen molar-refractivity contribution in [1.29, 1.82) is 0 Å². The first-order chi connectivity index (χ1) is 5.81. The van der Waals surface area contributed by atoms with E-state index in [4.69, 9.17) is 10.8 Å². The Labute approximate surface area is 71.2 Å². The molecule has 0 saturated heterocycles. The molecular weight excluding hydrogens is 152 g/mol. The third-order valence-corrected chi connectivity index (χ3v) is 2.33. The van der Waals surface area contributed by atoms with Gasteiger partial charge in [-0.2, -0.15) is 0 Å². The van der Waals surface area contributed by atoms with Gasteiger partial charge in [0.05, 0.1) is 0 Å². The van der Waals surface area contributed by atoms with Gasteiger partial charge in [0.15, 0.2) is 0 Å². The van der Waals surface area contributed by atoms with Crippen molar-refractivity contribution in [2.45, 2.75) is 12.3 Å². The van der Waals surface area contributed by atoms with Crippen LogP contribution in [0.1, 0.15) is 18.0 Å². The van der Waals surface area contributed by atoms with E-state index in [0.29, 0.717) is 17.7 Å². The summed E-state index contributed by atoms with van der Waals surface area (Å²) in [6, 6.07) is 5.65. The zero-order valence-electron chi connectivity index (χ0n) is 6.77. The lowest BCUT2D eigenvalue weighted by Gasteiger charge is -1.98. The standard InChI is InChI=1S/C9H12N2O/c10-9-3-1-2-8(11-9)7-4-6(7)5-12/h1-3,6-7,12H,4-5H2,(H2,10,11)/t6-,7+/m0/s1. The molecule has 64 valence electrons. The number of nitrogens with zero attached hydrogens (tertiary/aromatic N) is 1. The van der Waals surface area contributed by atoms with Crippen molar-refractivity contribution in [3.05, 3.63) is 23.9 Å². The zero-order chi connectivity index (χ0) is 8.55. The van der Waals surface area contributed by atoms with Crippen LogP contribution in [0.3, 0.4) is 0 Å². The molecule has 0 radical (unpaired) electrons. The molecule has 0 aliphatic heterocycles. The second-order valence-electron chi connectivity index (χ2n) is 3.27. The topological polar surface area (TPSA) is 59.1 Å². The summed E-state index contributed by atoms with van der Waals surface area (Å²) >= 11 is 0. The van der Waals surface area contributed by atoms with E-state index in [1.165, 1.54) is 0 Å². The highest BCUT2D eigenvalue weighted by atomic mass is 16.3. The summed E-state index contributed by atoms with van der Waals surface area (Å²) in [6.07, 6.45) is 1.05. The fourth-order valence-electron chi connectivity index (χ4n) is 1.49. The minimum Gasteiger partial charge on any atom is -0.396 e. The van der Waals surface area contributed by atoms with Gasteiger partial charge in [-0.1, -0.05) is 6.07 Å². The Balaban J connectivity index is 2.14. The van der Waals surface area contributed by atoms with Crippen molar-refractivity contribution in [2.75, 3.05) is 12.3 Å². The van der Waals surface area contributed by atoms with Gasteiger partial charge in [0, 0.05) is 18.2 Å². The molecule has 3 nitrogen and oxygen atoms in total. The maximum absolute atomic E-state index is 8.85. The summed E-state index contributed by atoms with van der Waals surface area (Å²) in [5.74, 6) is 1.42. The normalized spacial score (nSPS) is 27.1. The van der Waals surface area contributed by atoms with E-state index in [-0.39, 0.29) is 6.61 Å². The van der Waals surface area contributed by atoms with Gasteiger partial charge in [-0.25, -0.2) is 4.98 Å². The summed E-state index contributed by atoms with van der Waals surface area (Å²) in [6.45, 7) is 0.265. The van der Waals surface area contributed by atoms with Gasteiger partial charge < -0.3 is 10.8 Å². The highest BCUT2D eigenvalue weighted by molar-refractivity contribution is 5.31. The van der Waals surface area contributed by atoms with Gasteiger partial charge in [-0.15, -0.1) is 0 Å². The van der Waals surface area contributed by atoms with E-state index in [0.717, 1.165) is 12.1 Å². The Morgan fingerprint density at radius 3 is 3.00 bits per heavy atom. The lowest BCUT2D eigenvalue weighted by Crippen LogP contribution is -1.95. The average Bonchev–Trinajstić information content (AvgIpc) is 2.83. The first-order valence-corrected chi connectivity index (χ1v) is 4.14. The van der Waals surface area contributed by atoms with Gasteiger partial charge in [-0.05, 0) is 24.5 Å². The Morgan fingerprint density at radius 2 is 2.42 bits per heavy atom. The number of rotatable bonds is 2.